The van der Waals surface area contributed by atoms with E-state index in [0.29, 0.717) is 12.2 Å². The zero-order valence-electron chi connectivity index (χ0n) is 12.0. The second-order valence-electron chi connectivity index (χ2n) is 5.52. The minimum absolute atomic E-state index is 0.0427. The van der Waals surface area contributed by atoms with Gasteiger partial charge in [-0.3, -0.25) is 4.79 Å². The number of carbonyl (C=O) groups is 1. The Balaban J connectivity index is 2.10. The van der Waals surface area contributed by atoms with Crippen molar-refractivity contribution in [3.8, 4) is 0 Å². The maximum Gasteiger partial charge on any atom is 0.228 e. The molecule has 1 aliphatic rings. The Morgan fingerprint density at radius 2 is 2.20 bits per heavy atom. The van der Waals surface area contributed by atoms with Gasteiger partial charge in [0.25, 0.3) is 0 Å². The molecule has 1 saturated heterocycles. The molecule has 4 nitrogen and oxygen atoms in total. The Morgan fingerprint density at radius 3 is 2.85 bits per heavy atom. The largest absolute Gasteiger partial charge is 0.381 e. The molecule has 1 unspecified atom stereocenters. The lowest BCUT2D eigenvalue weighted by Gasteiger charge is -2.23. The first-order chi connectivity index (χ1) is 9.56. The predicted molar refractivity (Wildman–Crippen MR) is 79.4 cm³/mol. The molecule has 0 aromatic heterocycles. The van der Waals surface area contributed by atoms with E-state index in [9.17, 15) is 9.18 Å². The van der Waals surface area contributed by atoms with Gasteiger partial charge in [0.2, 0.25) is 5.91 Å². The summed E-state index contributed by atoms with van der Waals surface area (Å²) in [6.45, 7) is 5.65. The Kier molecular flexibility index (Phi) is 4.95. The zero-order chi connectivity index (χ0) is 14.5. The summed E-state index contributed by atoms with van der Waals surface area (Å²) in [6.07, 6.45) is 1.87. The van der Waals surface area contributed by atoms with E-state index in [1.807, 2.05) is 13.8 Å². The summed E-state index contributed by atoms with van der Waals surface area (Å²) in [5.74, 6) is -0.440. The topological polar surface area (TPSA) is 53.2 Å². The summed E-state index contributed by atoms with van der Waals surface area (Å²) in [6, 6.07) is 4.62. The molecule has 1 atom stereocenters. The highest BCUT2D eigenvalue weighted by molar-refractivity contribution is 5.95. The average Bonchev–Trinajstić information content (AvgIpc) is 2.42. The van der Waals surface area contributed by atoms with Gasteiger partial charge in [-0.2, -0.15) is 0 Å². The van der Waals surface area contributed by atoms with Crippen LogP contribution in [0.15, 0.2) is 18.2 Å². The molecule has 1 amide bonds. The normalized spacial score (nSPS) is 18.9. The molecule has 1 aromatic rings. The van der Waals surface area contributed by atoms with Crippen molar-refractivity contribution in [2.24, 2.45) is 5.92 Å². The fourth-order valence-electron chi connectivity index (χ4n) is 2.37. The van der Waals surface area contributed by atoms with Crippen LogP contribution >= 0.6 is 0 Å². The lowest BCUT2D eigenvalue weighted by Crippen LogP contribution is -2.37. The van der Waals surface area contributed by atoms with E-state index in [0.717, 1.165) is 25.1 Å². The summed E-state index contributed by atoms with van der Waals surface area (Å²) >= 11 is 0. The van der Waals surface area contributed by atoms with Gasteiger partial charge in [-0.1, -0.05) is 0 Å². The summed E-state index contributed by atoms with van der Waals surface area (Å²) in [5.41, 5.74) is 1.26. The summed E-state index contributed by atoms with van der Waals surface area (Å²) in [7, 11) is 0. The molecule has 20 heavy (non-hydrogen) atoms. The number of hydrogen-bond acceptors (Lipinski definition) is 3. The Morgan fingerprint density at radius 1 is 1.40 bits per heavy atom. The number of rotatable bonds is 4. The van der Waals surface area contributed by atoms with Crippen molar-refractivity contribution in [3.63, 3.8) is 0 Å². The third-order valence-corrected chi connectivity index (χ3v) is 3.35. The monoisotopic (exact) mass is 279 g/mol. The molecular weight excluding hydrogens is 257 g/mol. The van der Waals surface area contributed by atoms with Crippen molar-refractivity contribution in [1.29, 1.82) is 0 Å². The zero-order valence-corrected chi connectivity index (χ0v) is 12.0. The van der Waals surface area contributed by atoms with E-state index in [1.165, 1.54) is 12.1 Å². The predicted octanol–water partition coefficient (Wildman–Crippen LogP) is 2.58. The maximum absolute atomic E-state index is 13.4. The van der Waals surface area contributed by atoms with E-state index in [-0.39, 0.29) is 23.7 Å². The molecule has 0 radical (unpaired) electrons. The lowest BCUT2D eigenvalue weighted by atomic mass is 9.98. The molecule has 0 saturated carbocycles. The molecule has 1 heterocycles. The molecule has 0 aliphatic carbocycles. The second-order valence-corrected chi connectivity index (χ2v) is 5.52. The van der Waals surface area contributed by atoms with Crippen LogP contribution in [0.3, 0.4) is 0 Å². The Labute approximate surface area is 119 Å². The first-order valence-corrected chi connectivity index (χ1v) is 7.14. The summed E-state index contributed by atoms with van der Waals surface area (Å²) in [5, 5.41) is 9.27. The van der Waals surface area contributed by atoms with Gasteiger partial charge in [-0.05, 0) is 51.4 Å². The molecule has 3 N–H and O–H groups in total. The number of hydrogen-bond donors (Lipinski definition) is 3. The highest BCUT2D eigenvalue weighted by atomic mass is 19.1. The van der Waals surface area contributed by atoms with Crippen LogP contribution in [0.25, 0.3) is 0 Å². The van der Waals surface area contributed by atoms with Gasteiger partial charge in [0.15, 0.2) is 0 Å². The quantitative estimate of drug-likeness (QED) is 0.794. The second kappa shape index (κ2) is 6.70. The van der Waals surface area contributed by atoms with Crippen molar-refractivity contribution in [3.05, 3.63) is 24.0 Å². The van der Waals surface area contributed by atoms with Crippen LogP contribution in [0, 0.1) is 11.7 Å². The minimum atomic E-state index is -0.351. The van der Waals surface area contributed by atoms with Crippen LogP contribution in [0.5, 0.6) is 0 Å². The molecule has 5 heteroatoms. The van der Waals surface area contributed by atoms with E-state index < -0.39 is 0 Å². The summed E-state index contributed by atoms with van der Waals surface area (Å²) in [4.78, 5) is 12.2. The van der Waals surface area contributed by atoms with Gasteiger partial charge in [0.1, 0.15) is 5.82 Å². The fourth-order valence-corrected chi connectivity index (χ4v) is 2.37. The van der Waals surface area contributed by atoms with Gasteiger partial charge in [-0.15, -0.1) is 0 Å². The molecule has 1 fully saturated rings. The van der Waals surface area contributed by atoms with Gasteiger partial charge < -0.3 is 16.0 Å². The first kappa shape index (κ1) is 14.8. The van der Waals surface area contributed by atoms with Crippen LogP contribution in [-0.2, 0) is 4.79 Å². The minimum Gasteiger partial charge on any atom is -0.381 e. The molecule has 1 aliphatic heterocycles. The SMILES string of the molecule is CC(C)Nc1ccc(F)cc1NC(=O)C1CCCNC1. The molecule has 2 rings (SSSR count). The fraction of sp³-hybridized carbons (Fsp3) is 0.533. The average molecular weight is 279 g/mol. The van der Waals surface area contributed by atoms with E-state index in [1.54, 1.807) is 6.07 Å². The third kappa shape index (κ3) is 3.93. The Hall–Kier alpha value is -1.62. The van der Waals surface area contributed by atoms with Crippen molar-refractivity contribution in [2.45, 2.75) is 32.7 Å². The standard InChI is InChI=1S/C15H22FN3O/c1-10(2)18-13-6-5-12(16)8-14(13)19-15(20)11-4-3-7-17-9-11/h5-6,8,10-11,17-18H,3-4,7,9H2,1-2H3,(H,19,20). The number of anilines is 2. The van der Waals surface area contributed by atoms with E-state index in [2.05, 4.69) is 16.0 Å². The van der Waals surface area contributed by atoms with Crippen LogP contribution in [0.2, 0.25) is 0 Å². The van der Waals surface area contributed by atoms with Gasteiger partial charge in [0, 0.05) is 12.6 Å². The molecule has 0 bridgehead atoms. The van der Waals surface area contributed by atoms with Crippen molar-refractivity contribution in [1.82, 2.24) is 5.32 Å². The van der Waals surface area contributed by atoms with Gasteiger partial charge >= 0.3 is 0 Å². The van der Waals surface area contributed by atoms with Crippen LogP contribution in [0.4, 0.5) is 15.8 Å². The molecular formula is C15H22FN3O. The molecule has 0 spiro atoms. The number of amides is 1. The van der Waals surface area contributed by atoms with Crippen LogP contribution in [0.1, 0.15) is 26.7 Å². The Bertz CT molecular complexity index is 470. The lowest BCUT2D eigenvalue weighted by molar-refractivity contribution is -0.120. The van der Waals surface area contributed by atoms with Gasteiger partial charge in [0.05, 0.1) is 17.3 Å². The van der Waals surface area contributed by atoms with Crippen molar-refractivity contribution < 1.29 is 9.18 Å². The number of halogens is 1. The van der Waals surface area contributed by atoms with Gasteiger partial charge in [-0.25, -0.2) is 4.39 Å². The number of benzene rings is 1. The van der Waals surface area contributed by atoms with E-state index in [4.69, 9.17) is 0 Å². The highest BCUT2D eigenvalue weighted by Crippen LogP contribution is 2.25. The summed E-state index contributed by atoms with van der Waals surface area (Å²) < 4.78 is 13.4. The number of carbonyl (C=O) groups excluding carboxylic acids is 1. The third-order valence-electron chi connectivity index (χ3n) is 3.35. The number of nitrogens with one attached hydrogen (secondary N) is 3. The van der Waals surface area contributed by atoms with Crippen LogP contribution in [-0.4, -0.2) is 25.0 Å². The molecule has 1 aromatic carbocycles. The van der Waals surface area contributed by atoms with Crippen LogP contribution < -0.4 is 16.0 Å². The highest BCUT2D eigenvalue weighted by Gasteiger charge is 2.21. The molecule has 110 valence electrons. The van der Waals surface area contributed by atoms with E-state index >= 15 is 0 Å². The maximum atomic E-state index is 13.4. The van der Waals surface area contributed by atoms with Crippen molar-refractivity contribution in [2.75, 3.05) is 23.7 Å². The first-order valence-electron chi connectivity index (χ1n) is 7.14. The number of piperidine rings is 1. The smallest absolute Gasteiger partial charge is 0.228 e. The van der Waals surface area contributed by atoms with Crippen molar-refractivity contribution >= 4 is 17.3 Å².